The van der Waals surface area contributed by atoms with E-state index in [2.05, 4.69) is 26.0 Å². The Morgan fingerprint density at radius 2 is 1.92 bits per heavy atom. The van der Waals surface area contributed by atoms with Gasteiger partial charge < -0.3 is 15.7 Å². The summed E-state index contributed by atoms with van der Waals surface area (Å²) in [6.07, 6.45) is -1.18. The Morgan fingerprint density at radius 1 is 1.14 bits per heavy atom. The molecule has 0 fully saturated rings. The number of aryl methyl sites for hydroxylation is 2. The van der Waals surface area contributed by atoms with Crippen molar-refractivity contribution in [2.45, 2.75) is 26.6 Å². The molecule has 0 atom stereocenters. The quantitative estimate of drug-likeness (QED) is 0.311. The average Bonchev–Trinajstić information content (AvgIpc) is 3.46. The molecule has 0 spiro atoms. The first kappa shape index (κ1) is 26.0. The van der Waals surface area contributed by atoms with Crippen LogP contribution >= 0.6 is 0 Å². The van der Waals surface area contributed by atoms with E-state index in [9.17, 15) is 18.0 Å². The van der Waals surface area contributed by atoms with E-state index in [1.165, 1.54) is 12.1 Å². The molecule has 0 saturated heterocycles. The molecule has 4 rings (SSSR count). The molecule has 0 aliphatic carbocycles. The van der Waals surface area contributed by atoms with E-state index in [1.54, 1.807) is 40.0 Å². The number of nitrogens with one attached hydrogen (secondary N) is 2. The fourth-order valence-corrected chi connectivity index (χ4v) is 3.83. The summed E-state index contributed by atoms with van der Waals surface area (Å²) in [6, 6.07) is 8.56. The maximum Gasteiger partial charge on any atom is 0.416 e. The molecule has 37 heavy (non-hydrogen) atoms. The number of rotatable bonds is 8. The highest BCUT2D eigenvalue weighted by Crippen LogP contribution is 2.34. The third kappa shape index (κ3) is 5.70. The second-order valence-electron chi connectivity index (χ2n) is 8.54. The smallest absolute Gasteiger partial charge is 0.395 e. The highest BCUT2D eigenvalue weighted by molar-refractivity contribution is 6.04. The SMILES string of the molecule is Cc1ccc(C(=O)Nc2ccc(CNCCO)c(C(F)(F)F)c2)cc1-n1cc(-c2cnn(C)c2C)nn1. The molecular formula is C25H26F3N7O2. The Morgan fingerprint density at radius 3 is 2.59 bits per heavy atom. The van der Waals surface area contributed by atoms with Crippen molar-refractivity contribution in [2.75, 3.05) is 18.5 Å². The van der Waals surface area contributed by atoms with E-state index in [0.29, 0.717) is 11.4 Å². The van der Waals surface area contributed by atoms with E-state index < -0.39 is 17.6 Å². The van der Waals surface area contributed by atoms with Crippen molar-refractivity contribution < 1.29 is 23.1 Å². The molecule has 2 aromatic heterocycles. The number of benzene rings is 2. The van der Waals surface area contributed by atoms with E-state index in [-0.39, 0.29) is 36.5 Å². The number of aromatic nitrogens is 5. The van der Waals surface area contributed by atoms with E-state index in [1.807, 2.05) is 20.9 Å². The van der Waals surface area contributed by atoms with Gasteiger partial charge in [-0.05, 0) is 49.2 Å². The molecule has 1 amide bonds. The number of halogens is 3. The van der Waals surface area contributed by atoms with Crippen LogP contribution in [-0.4, -0.2) is 48.9 Å². The van der Waals surface area contributed by atoms with Gasteiger partial charge in [0.1, 0.15) is 5.69 Å². The lowest BCUT2D eigenvalue weighted by atomic mass is 10.1. The molecule has 0 radical (unpaired) electrons. The predicted molar refractivity (Wildman–Crippen MR) is 131 cm³/mol. The van der Waals surface area contributed by atoms with Crippen molar-refractivity contribution in [3.05, 3.63) is 76.7 Å². The van der Waals surface area contributed by atoms with Crippen LogP contribution in [-0.2, 0) is 19.8 Å². The van der Waals surface area contributed by atoms with Crippen molar-refractivity contribution in [1.29, 1.82) is 0 Å². The monoisotopic (exact) mass is 513 g/mol. The third-order valence-electron chi connectivity index (χ3n) is 6.00. The molecule has 12 heteroatoms. The summed E-state index contributed by atoms with van der Waals surface area (Å²) < 4.78 is 44.1. The summed E-state index contributed by atoms with van der Waals surface area (Å²) in [7, 11) is 1.83. The molecule has 4 aromatic rings. The number of hydrogen-bond donors (Lipinski definition) is 3. The number of carbonyl (C=O) groups is 1. The molecule has 0 unspecified atom stereocenters. The van der Waals surface area contributed by atoms with Crippen LogP contribution in [0.3, 0.4) is 0 Å². The molecule has 9 nitrogen and oxygen atoms in total. The summed E-state index contributed by atoms with van der Waals surface area (Å²) in [5.74, 6) is -0.566. The Bertz CT molecular complexity index is 1430. The van der Waals surface area contributed by atoms with Gasteiger partial charge in [0.2, 0.25) is 0 Å². The zero-order valence-electron chi connectivity index (χ0n) is 20.5. The number of amides is 1. The highest BCUT2D eigenvalue weighted by Gasteiger charge is 2.33. The zero-order valence-corrected chi connectivity index (χ0v) is 20.5. The Kier molecular flexibility index (Phi) is 7.41. The maximum atomic E-state index is 13.6. The summed E-state index contributed by atoms with van der Waals surface area (Å²) >= 11 is 0. The molecule has 0 aliphatic heterocycles. The fraction of sp³-hybridized carbons (Fsp3) is 0.280. The highest BCUT2D eigenvalue weighted by atomic mass is 19.4. The van der Waals surface area contributed by atoms with Crippen LogP contribution in [0.5, 0.6) is 0 Å². The van der Waals surface area contributed by atoms with Gasteiger partial charge in [-0.15, -0.1) is 5.10 Å². The van der Waals surface area contributed by atoms with Gasteiger partial charge >= 0.3 is 6.18 Å². The van der Waals surface area contributed by atoms with Crippen LogP contribution in [0.4, 0.5) is 18.9 Å². The molecule has 0 bridgehead atoms. The summed E-state index contributed by atoms with van der Waals surface area (Å²) in [6.45, 7) is 3.68. The van der Waals surface area contributed by atoms with E-state index in [0.717, 1.165) is 22.9 Å². The standard InChI is InChI=1S/C25H26F3N7O2/c1-15-4-5-17(10-23(15)35-14-22(32-33-35)20-13-30-34(3)16(20)2)24(37)31-19-7-6-18(12-29-8-9-36)21(11-19)25(26,27)28/h4-7,10-11,13-14,29,36H,8-9,12H2,1-3H3,(H,31,37). The van der Waals surface area contributed by atoms with E-state index >= 15 is 0 Å². The number of alkyl halides is 3. The molecule has 3 N–H and O–H groups in total. The summed E-state index contributed by atoms with van der Waals surface area (Å²) in [5, 5.41) is 26.8. The molecule has 194 valence electrons. The number of aliphatic hydroxyl groups excluding tert-OH is 1. The van der Waals surface area contributed by atoms with Gasteiger partial charge in [-0.3, -0.25) is 9.48 Å². The van der Waals surface area contributed by atoms with Gasteiger partial charge in [-0.1, -0.05) is 17.3 Å². The van der Waals surface area contributed by atoms with Crippen molar-refractivity contribution in [3.63, 3.8) is 0 Å². The topological polar surface area (TPSA) is 110 Å². The lowest BCUT2D eigenvalue weighted by Gasteiger charge is -2.16. The second-order valence-corrected chi connectivity index (χ2v) is 8.54. The van der Waals surface area contributed by atoms with Crippen molar-refractivity contribution in [1.82, 2.24) is 30.1 Å². The number of hydrogen-bond acceptors (Lipinski definition) is 6. The van der Waals surface area contributed by atoms with Crippen molar-refractivity contribution in [2.24, 2.45) is 7.05 Å². The summed E-state index contributed by atoms with van der Waals surface area (Å²) in [5.41, 5.74) is 3.22. The van der Waals surface area contributed by atoms with Crippen LogP contribution in [0.25, 0.3) is 16.9 Å². The van der Waals surface area contributed by atoms with E-state index in [4.69, 9.17) is 5.11 Å². The molecular weight excluding hydrogens is 487 g/mol. The van der Waals surface area contributed by atoms with Gasteiger partial charge in [0.05, 0.1) is 30.3 Å². The number of nitrogens with zero attached hydrogens (tertiary/aromatic N) is 5. The lowest BCUT2D eigenvalue weighted by Crippen LogP contribution is -2.21. The first-order chi connectivity index (χ1) is 17.6. The maximum absolute atomic E-state index is 13.6. The molecule has 0 aliphatic rings. The molecule has 2 aromatic carbocycles. The number of carbonyl (C=O) groups excluding carboxylic acids is 1. The van der Waals surface area contributed by atoms with Crippen LogP contribution in [0.15, 0.2) is 48.8 Å². The lowest BCUT2D eigenvalue weighted by molar-refractivity contribution is -0.138. The van der Waals surface area contributed by atoms with Gasteiger partial charge in [-0.2, -0.15) is 18.3 Å². The Balaban J connectivity index is 1.58. The predicted octanol–water partition coefficient (Wildman–Crippen LogP) is 3.64. The minimum absolute atomic E-state index is 0.0143. The molecule has 2 heterocycles. The second kappa shape index (κ2) is 10.5. The van der Waals surface area contributed by atoms with Gasteiger partial charge in [0, 0.05) is 42.6 Å². The Labute approximate surface area is 210 Å². The number of anilines is 1. The number of aliphatic hydroxyl groups is 1. The first-order valence-corrected chi connectivity index (χ1v) is 11.4. The van der Waals surface area contributed by atoms with Gasteiger partial charge in [-0.25, -0.2) is 4.68 Å². The van der Waals surface area contributed by atoms with Crippen LogP contribution in [0.1, 0.15) is 32.7 Å². The van der Waals surface area contributed by atoms with Gasteiger partial charge in [0.25, 0.3) is 5.91 Å². The van der Waals surface area contributed by atoms with Crippen LogP contribution < -0.4 is 10.6 Å². The first-order valence-electron chi connectivity index (χ1n) is 11.4. The Hall–Kier alpha value is -4.03. The molecule has 0 saturated carbocycles. The summed E-state index contributed by atoms with van der Waals surface area (Å²) in [4.78, 5) is 13.0. The van der Waals surface area contributed by atoms with Gasteiger partial charge in [0.15, 0.2) is 0 Å². The third-order valence-corrected chi connectivity index (χ3v) is 6.00. The fourth-order valence-electron chi connectivity index (χ4n) is 3.83. The largest absolute Gasteiger partial charge is 0.416 e. The average molecular weight is 514 g/mol. The minimum Gasteiger partial charge on any atom is -0.395 e. The van der Waals surface area contributed by atoms with Crippen LogP contribution in [0.2, 0.25) is 0 Å². The normalized spacial score (nSPS) is 11.6. The minimum atomic E-state index is -4.61. The van der Waals surface area contributed by atoms with Crippen LogP contribution in [0, 0.1) is 13.8 Å². The van der Waals surface area contributed by atoms with Crippen molar-refractivity contribution in [3.8, 4) is 16.9 Å². The van der Waals surface area contributed by atoms with Crippen molar-refractivity contribution >= 4 is 11.6 Å². The zero-order chi connectivity index (χ0) is 26.7.